The van der Waals surface area contributed by atoms with Crippen molar-refractivity contribution in [3.05, 3.63) is 0 Å². The van der Waals surface area contributed by atoms with Crippen LogP contribution in [0.25, 0.3) is 0 Å². The standard InChI is InChI=1S/C7H16N2O.C2H6/c1-7(10)9-6-4-2-3-5-8;1-2/h2-6,8H2,1H3,(H,9,10);1-2H3. The normalized spacial score (nSPS) is 8.33. The zero-order chi connectivity index (χ0) is 9.82. The monoisotopic (exact) mass is 174 g/mol. The van der Waals surface area contributed by atoms with Crippen molar-refractivity contribution >= 4 is 5.91 Å². The number of unbranched alkanes of at least 4 members (excludes halogenated alkanes) is 2. The first-order valence-corrected chi connectivity index (χ1v) is 4.72. The molecule has 0 aliphatic heterocycles. The van der Waals surface area contributed by atoms with Gasteiger partial charge in [-0.25, -0.2) is 0 Å². The van der Waals surface area contributed by atoms with Crippen LogP contribution in [0.5, 0.6) is 0 Å². The summed E-state index contributed by atoms with van der Waals surface area (Å²) in [7, 11) is 0. The number of nitrogens with two attached hydrogens (primary N) is 1. The molecule has 0 aliphatic carbocycles. The van der Waals surface area contributed by atoms with Crippen molar-refractivity contribution in [3.8, 4) is 0 Å². The Kier molecular flexibility index (Phi) is 15.2. The van der Waals surface area contributed by atoms with Crippen molar-refractivity contribution in [2.45, 2.75) is 40.0 Å². The average molecular weight is 174 g/mol. The van der Waals surface area contributed by atoms with E-state index in [0.717, 1.165) is 32.4 Å². The third-order valence-corrected chi connectivity index (χ3v) is 1.25. The molecule has 1 amide bonds. The first-order chi connectivity index (χ1) is 5.77. The lowest BCUT2D eigenvalue weighted by molar-refractivity contribution is -0.118. The van der Waals surface area contributed by atoms with Gasteiger partial charge < -0.3 is 11.1 Å². The van der Waals surface area contributed by atoms with E-state index in [9.17, 15) is 4.79 Å². The molecule has 0 saturated heterocycles. The molecule has 0 unspecified atom stereocenters. The van der Waals surface area contributed by atoms with Gasteiger partial charge in [-0.15, -0.1) is 0 Å². The van der Waals surface area contributed by atoms with Gasteiger partial charge in [-0.1, -0.05) is 20.3 Å². The van der Waals surface area contributed by atoms with Crippen LogP contribution >= 0.6 is 0 Å². The molecule has 0 radical (unpaired) electrons. The van der Waals surface area contributed by atoms with Crippen LogP contribution in [-0.4, -0.2) is 19.0 Å². The number of amides is 1. The van der Waals surface area contributed by atoms with Crippen LogP contribution in [0.3, 0.4) is 0 Å². The lowest BCUT2D eigenvalue weighted by Gasteiger charge is -1.99. The van der Waals surface area contributed by atoms with Crippen molar-refractivity contribution < 1.29 is 4.79 Å². The summed E-state index contributed by atoms with van der Waals surface area (Å²) in [5.41, 5.74) is 5.28. The van der Waals surface area contributed by atoms with E-state index in [4.69, 9.17) is 5.73 Å². The van der Waals surface area contributed by atoms with Crippen molar-refractivity contribution in [3.63, 3.8) is 0 Å². The Bertz CT molecular complexity index is 94.5. The fourth-order valence-corrected chi connectivity index (χ4v) is 0.711. The van der Waals surface area contributed by atoms with E-state index in [2.05, 4.69) is 5.32 Å². The molecule has 0 atom stereocenters. The minimum Gasteiger partial charge on any atom is -0.356 e. The molecule has 0 saturated carbocycles. The summed E-state index contributed by atoms with van der Waals surface area (Å²) >= 11 is 0. The Morgan fingerprint density at radius 3 is 2.25 bits per heavy atom. The van der Waals surface area contributed by atoms with Crippen LogP contribution in [0.1, 0.15) is 40.0 Å². The molecule has 3 heteroatoms. The fourth-order valence-electron chi connectivity index (χ4n) is 0.711. The molecule has 3 nitrogen and oxygen atoms in total. The third-order valence-electron chi connectivity index (χ3n) is 1.25. The fraction of sp³-hybridized carbons (Fsp3) is 0.889. The highest BCUT2D eigenvalue weighted by molar-refractivity contribution is 5.72. The molecular formula is C9H22N2O. The smallest absolute Gasteiger partial charge is 0.216 e. The highest BCUT2D eigenvalue weighted by atomic mass is 16.1. The van der Waals surface area contributed by atoms with Gasteiger partial charge in [-0.3, -0.25) is 4.79 Å². The van der Waals surface area contributed by atoms with Crippen LogP contribution in [0.15, 0.2) is 0 Å². The second kappa shape index (κ2) is 13.1. The molecule has 74 valence electrons. The van der Waals surface area contributed by atoms with Crippen molar-refractivity contribution in [1.29, 1.82) is 0 Å². The predicted molar refractivity (Wildman–Crippen MR) is 52.9 cm³/mol. The number of hydrogen-bond donors (Lipinski definition) is 2. The molecule has 0 aromatic heterocycles. The van der Waals surface area contributed by atoms with Gasteiger partial charge in [-0.05, 0) is 19.4 Å². The molecule has 3 N–H and O–H groups in total. The topological polar surface area (TPSA) is 55.1 Å². The minimum atomic E-state index is 0.0488. The number of rotatable bonds is 5. The highest BCUT2D eigenvalue weighted by Gasteiger charge is 1.89. The lowest BCUT2D eigenvalue weighted by atomic mass is 10.2. The maximum absolute atomic E-state index is 10.3. The summed E-state index contributed by atoms with van der Waals surface area (Å²) in [6.45, 7) is 7.07. The Balaban J connectivity index is 0. The molecule has 0 rings (SSSR count). The Labute approximate surface area is 75.7 Å². The zero-order valence-corrected chi connectivity index (χ0v) is 8.52. The number of carbonyl (C=O) groups excluding carboxylic acids is 1. The molecule has 0 bridgehead atoms. The van der Waals surface area contributed by atoms with Gasteiger partial charge in [-0.2, -0.15) is 0 Å². The molecule has 0 aromatic carbocycles. The molecule has 0 heterocycles. The van der Waals surface area contributed by atoms with Gasteiger partial charge in [0.1, 0.15) is 0 Å². The quantitative estimate of drug-likeness (QED) is 0.617. The maximum Gasteiger partial charge on any atom is 0.216 e. The van der Waals surface area contributed by atoms with E-state index in [1.165, 1.54) is 6.92 Å². The number of hydrogen-bond acceptors (Lipinski definition) is 2. The predicted octanol–water partition coefficient (Wildman–Crippen LogP) is 1.28. The SMILES string of the molecule is CC.CC(=O)NCCCCCN. The van der Waals surface area contributed by atoms with Crippen LogP contribution in [0.2, 0.25) is 0 Å². The second-order valence-corrected chi connectivity index (χ2v) is 2.33. The van der Waals surface area contributed by atoms with E-state index < -0.39 is 0 Å². The van der Waals surface area contributed by atoms with Gasteiger partial charge in [0, 0.05) is 13.5 Å². The highest BCUT2D eigenvalue weighted by Crippen LogP contribution is 1.90. The van der Waals surface area contributed by atoms with E-state index in [1.54, 1.807) is 0 Å². The zero-order valence-electron chi connectivity index (χ0n) is 8.52. The lowest BCUT2D eigenvalue weighted by Crippen LogP contribution is -2.20. The van der Waals surface area contributed by atoms with Crippen LogP contribution in [0, 0.1) is 0 Å². The Hall–Kier alpha value is -0.570. The van der Waals surface area contributed by atoms with Gasteiger partial charge in [0.2, 0.25) is 5.91 Å². The largest absolute Gasteiger partial charge is 0.356 e. The Morgan fingerprint density at radius 2 is 1.83 bits per heavy atom. The van der Waals surface area contributed by atoms with Gasteiger partial charge in [0.05, 0.1) is 0 Å². The van der Waals surface area contributed by atoms with Gasteiger partial charge in [0.25, 0.3) is 0 Å². The molecule has 0 spiro atoms. The van der Waals surface area contributed by atoms with Gasteiger partial charge >= 0.3 is 0 Å². The molecule has 0 aliphatic rings. The van der Waals surface area contributed by atoms with Crippen molar-refractivity contribution in [2.75, 3.05) is 13.1 Å². The third kappa shape index (κ3) is 16.2. The van der Waals surface area contributed by atoms with E-state index >= 15 is 0 Å². The first kappa shape index (κ1) is 14.0. The maximum atomic E-state index is 10.3. The summed E-state index contributed by atoms with van der Waals surface area (Å²) in [4.78, 5) is 10.3. The second-order valence-electron chi connectivity index (χ2n) is 2.33. The molecule has 0 aromatic rings. The summed E-state index contributed by atoms with van der Waals surface area (Å²) in [5, 5.41) is 2.72. The summed E-state index contributed by atoms with van der Waals surface area (Å²) in [6, 6.07) is 0. The summed E-state index contributed by atoms with van der Waals surface area (Å²) < 4.78 is 0. The van der Waals surface area contributed by atoms with E-state index in [-0.39, 0.29) is 5.91 Å². The number of nitrogens with one attached hydrogen (secondary N) is 1. The van der Waals surface area contributed by atoms with Crippen LogP contribution < -0.4 is 11.1 Å². The summed E-state index contributed by atoms with van der Waals surface area (Å²) in [5.74, 6) is 0.0488. The van der Waals surface area contributed by atoms with E-state index in [0.29, 0.717) is 0 Å². The van der Waals surface area contributed by atoms with Gasteiger partial charge in [0.15, 0.2) is 0 Å². The molecular weight excluding hydrogens is 152 g/mol. The first-order valence-electron chi connectivity index (χ1n) is 4.72. The van der Waals surface area contributed by atoms with Crippen molar-refractivity contribution in [1.82, 2.24) is 5.32 Å². The summed E-state index contributed by atoms with van der Waals surface area (Å²) in [6.07, 6.45) is 3.20. The minimum absolute atomic E-state index is 0.0488. The molecule has 0 fully saturated rings. The van der Waals surface area contributed by atoms with E-state index in [1.807, 2.05) is 13.8 Å². The van der Waals surface area contributed by atoms with Crippen molar-refractivity contribution in [2.24, 2.45) is 5.73 Å². The van der Waals surface area contributed by atoms with Crippen LogP contribution in [0.4, 0.5) is 0 Å². The van der Waals surface area contributed by atoms with Crippen LogP contribution in [-0.2, 0) is 4.79 Å². The Morgan fingerprint density at radius 1 is 1.25 bits per heavy atom. The molecule has 12 heavy (non-hydrogen) atoms. The number of carbonyl (C=O) groups is 1. The average Bonchev–Trinajstić information content (AvgIpc) is 2.07.